The minimum atomic E-state index is -0.149. The number of rotatable bonds is 3. The third-order valence-corrected chi connectivity index (χ3v) is 4.08. The van der Waals surface area contributed by atoms with Gasteiger partial charge in [-0.15, -0.1) is 0 Å². The second kappa shape index (κ2) is 5.24. The standard InChI is InChI=1S/C14H22FN3/c1-17(2)14(10-16)8-5-9-18(11-14)13-7-4-3-6-12(13)15/h3-4,6-7H,5,8-11,16H2,1-2H3. The normalized spacial score (nSPS) is 24.6. The number of hydrogen-bond donors (Lipinski definition) is 1. The van der Waals surface area contributed by atoms with Crippen LogP contribution in [0.4, 0.5) is 10.1 Å². The summed E-state index contributed by atoms with van der Waals surface area (Å²) in [5.41, 5.74) is 6.61. The van der Waals surface area contributed by atoms with Crippen LogP contribution in [0, 0.1) is 5.82 Å². The van der Waals surface area contributed by atoms with Gasteiger partial charge < -0.3 is 15.5 Å². The first kappa shape index (κ1) is 13.3. The van der Waals surface area contributed by atoms with E-state index in [4.69, 9.17) is 5.73 Å². The summed E-state index contributed by atoms with van der Waals surface area (Å²) in [5.74, 6) is -0.149. The molecule has 2 N–H and O–H groups in total. The molecule has 3 nitrogen and oxygen atoms in total. The molecule has 0 amide bonds. The molecular formula is C14H22FN3. The van der Waals surface area contributed by atoms with E-state index in [0.717, 1.165) is 25.9 Å². The first-order valence-corrected chi connectivity index (χ1v) is 6.46. The molecule has 1 aromatic carbocycles. The molecule has 100 valence electrons. The minimum absolute atomic E-state index is 0.0411. The maximum absolute atomic E-state index is 13.8. The van der Waals surface area contributed by atoms with Crippen LogP contribution >= 0.6 is 0 Å². The van der Waals surface area contributed by atoms with Crippen LogP contribution < -0.4 is 10.6 Å². The van der Waals surface area contributed by atoms with Gasteiger partial charge in [0.25, 0.3) is 0 Å². The van der Waals surface area contributed by atoms with Crippen LogP contribution in [-0.2, 0) is 0 Å². The molecule has 1 saturated heterocycles. The molecule has 0 radical (unpaired) electrons. The van der Waals surface area contributed by atoms with Crippen molar-refractivity contribution in [3.05, 3.63) is 30.1 Å². The molecule has 0 aliphatic carbocycles. The van der Waals surface area contributed by atoms with Crippen molar-refractivity contribution in [3.8, 4) is 0 Å². The zero-order valence-corrected chi connectivity index (χ0v) is 11.2. The SMILES string of the molecule is CN(C)C1(CN)CCCN(c2ccccc2F)C1. The number of para-hydroxylation sites is 1. The lowest BCUT2D eigenvalue weighted by Gasteiger charge is -2.47. The molecular weight excluding hydrogens is 229 g/mol. The van der Waals surface area contributed by atoms with Crippen molar-refractivity contribution in [2.75, 3.05) is 38.6 Å². The molecule has 0 bridgehead atoms. The summed E-state index contributed by atoms with van der Waals surface area (Å²) in [6.07, 6.45) is 2.12. The van der Waals surface area contributed by atoms with E-state index in [0.29, 0.717) is 12.2 Å². The first-order valence-electron chi connectivity index (χ1n) is 6.46. The molecule has 1 aromatic rings. The van der Waals surface area contributed by atoms with Crippen molar-refractivity contribution in [3.63, 3.8) is 0 Å². The highest BCUT2D eigenvalue weighted by Crippen LogP contribution is 2.29. The summed E-state index contributed by atoms with van der Waals surface area (Å²) >= 11 is 0. The second-order valence-corrected chi connectivity index (χ2v) is 5.30. The molecule has 2 rings (SSSR count). The number of hydrogen-bond acceptors (Lipinski definition) is 3. The Morgan fingerprint density at radius 2 is 2.11 bits per heavy atom. The van der Waals surface area contributed by atoms with Crippen LogP contribution in [0.3, 0.4) is 0 Å². The zero-order chi connectivity index (χ0) is 13.2. The Labute approximate surface area is 108 Å². The summed E-state index contributed by atoms with van der Waals surface area (Å²) in [6.45, 7) is 2.29. The Morgan fingerprint density at radius 3 is 2.72 bits per heavy atom. The summed E-state index contributed by atoms with van der Waals surface area (Å²) in [7, 11) is 4.11. The van der Waals surface area contributed by atoms with Crippen molar-refractivity contribution in [2.24, 2.45) is 5.73 Å². The second-order valence-electron chi connectivity index (χ2n) is 5.30. The van der Waals surface area contributed by atoms with Gasteiger partial charge in [-0.1, -0.05) is 12.1 Å². The van der Waals surface area contributed by atoms with Crippen LogP contribution in [0.1, 0.15) is 12.8 Å². The van der Waals surface area contributed by atoms with E-state index in [1.54, 1.807) is 6.07 Å². The van der Waals surface area contributed by atoms with Gasteiger partial charge in [0.15, 0.2) is 0 Å². The monoisotopic (exact) mass is 251 g/mol. The largest absolute Gasteiger partial charge is 0.367 e. The van der Waals surface area contributed by atoms with E-state index in [-0.39, 0.29) is 11.4 Å². The quantitative estimate of drug-likeness (QED) is 0.887. The summed E-state index contributed by atoms with van der Waals surface area (Å²) < 4.78 is 13.8. The van der Waals surface area contributed by atoms with Crippen LogP contribution in [-0.4, -0.2) is 44.2 Å². The first-order chi connectivity index (χ1) is 8.59. The Bertz CT molecular complexity index is 408. The van der Waals surface area contributed by atoms with Crippen molar-refractivity contribution < 1.29 is 4.39 Å². The Hall–Kier alpha value is -1.13. The highest BCUT2D eigenvalue weighted by molar-refractivity contribution is 5.48. The third kappa shape index (κ3) is 2.35. The number of likely N-dealkylation sites (N-methyl/N-ethyl adjacent to an activating group) is 1. The Kier molecular flexibility index (Phi) is 3.88. The summed E-state index contributed by atoms with van der Waals surface area (Å²) in [6, 6.07) is 6.97. The lowest BCUT2D eigenvalue weighted by molar-refractivity contribution is 0.135. The van der Waals surface area contributed by atoms with Gasteiger partial charge in [0.2, 0.25) is 0 Å². The van der Waals surface area contributed by atoms with Crippen molar-refractivity contribution >= 4 is 5.69 Å². The zero-order valence-electron chi connectivity index (χ0n) is 11.2. The van der Waals surface area contributed by atoms with Gasteiger partial charge in [0.1, 0.15) is 5.82 Å². The average Bonchev–Trinajstić information content (AvgIpc) is 2.39. The summed E-state index contributed by atoms with van der Waals surface area (Å²) in [5, 5.41) is 0. The highest BCUT2D eigenvalue weighted by atomic mass is 19.1. The number of nitrogens with zero attached hydrogens (tertiary/aromatic N) is 2. The van der Waals surface area contributed by atoms with E-state index < -0.39 is 0 Å². The molecule has 4 heteroatoms. The van der Waals surface area contributed by atoms with E-state index in [1.165, 1.54) is 6.07 Å². The molecule has 1 aliphatic rings. The maximum Gasteiger partial charge on any atom is 0.146 e. The van der Waals surface area contributed by atoms with Gasteiger partial charge >= 0.3 is 0 Å². The number of nitrogens with two attached hydrogens (primary N) is 1. The van der Waals surface area contributed by atoms with Crippen molar-refractivity contribution in [1.82, 2.24) is 4.90 Å². The van der Waals surface area contributed by atoms with E-state index >= 15 is 0 Å². The van der Waals surface area contributed by atoms with E-state index in [2.05, 4.69) is 23.9 Å². The van der Waals surface area contributed by atoms with Crippen LogP contribution in [0.2, 0.25) is 0 Å². The lowest BCUT2D eigenvalue weighted by Crippen LogP contribution is -2.60. The number of benzene rings is 1. The molecule has 1 aliphatic heterocycles. The molecule has 1 heterocycles. The predicted octanol–water partition coefficient (Wildman–Crippen LogP) is 1.68. The molecule has 1 atom stereocenters. The molecule has 0 aromatic heterocycles. The lowest BCUT2D eigenvalue weighted by atomic mass is 9.87. The van der Waals surface area contributed by atoms with Crippen LogP contribution in [0.25, 0.3) is 0 Å². The third-order valence-electron chi connectivity index (χ3n) is 4.08. The fourth-order valence-electron chi connectivity index (χ4n) is 2.74. The van der Waals surface area contributed by atoms with Gasteiger partial charge in [0.05, 0.1) is 11.2 Å². The number of anilines is 1. The Morgan fingerprint density at radius 1 is 1.39 bits per heavy atom. The van der Waals surface area contributed by atoms with Gasteiger partial charge in [-0.05, 0) is 39.1 Å². The Balaban J connectivity index is 2.24. The fourth-order valence-corrected chi connectivity index (χ4v) is 2.74. The number of piperidine rings is 1. The fraction of sp³-hybridized carbons (Fsp3) is 0.571. The molecule has 0 saturated carbocycles. The highest BCUT2D eigenvalue weighted by Gasteiger charge is 2.36. The van der Waals surface area contributed by atoms with Gasteiger partial charge in [-0.3, -0.25) is 0 Å². The van der Waals surface area contributed by atoms with Gasteiger partial charge in [-0.2, -0.15) is 0 Å². The van der Waals surface area contributed by atoms with Crippen LogP contribution in [0.15, 0.2) is 24.3 Å². The smallest absolute Gasteiger partial charge is 0.146 e. The summed E-state index contributed by atoms with van der Waals surface area (Å²) in [4.78, 5) is 4.30. The number of halogens is 1. The predicted molar refractivity (Wildman–Crippen MR) is 73.3 cm³/mol. The van der Waals surface area contributed by atoms with Crippen LogP contribution in [0.5, 0.6) is 0 Å². The molecule has 1 fully saturated rings. The van der Waals surface area contributed by atoms with E-state index in [1.807, 2.05) is 12.1 Å². The van der Waals surface area contributed by atoms with Gasteiger partial charge in [-0.25, -0.2) is 4.39 Å². The average molecular weight is 251 g/mol. The topological polar surface area (TPSA) is 32.5 Å². The van der Waals surface area contributed by atoms with Gasteiger partial charge in [0, 0.05) is 19.6 Å². The van der Waals surface area contributed by atoms with Crippen molar-refractivity contribution in [1.29, 1.82) is 0 Å². The molecule has 1 unspecified atom stereocenters. The maximum atomic E-state index is 13.8. The minimum Gasteiger partial charge on any atom is -0.367 e. The molecule has 0 spiro atoms. The molecule has 18 heavy (non-hydrogen) atoms. The van der Waals surface area contributed by atoms with Crippen molar-refractivity contribution in [2.45, 2.75) is 18.4 Å². The van der Waals surface area contributed by atoms with E-state index in [9.17, 15) is 4.39 Å².